The Bertz CT molecular complexity index is 608. The lowest BCUT2D eigenvalue weighted by Crippen LogP contribution is -1.79. The Labute approximate surface area is 106 Å². The van der Waals surface area contributed by atoms with E-state index in [4.69, 9.17) is 0 Å². The van der Waals surface area contributed by atoms with E-state index in [1.807, 2.05) is 67.6 Å². The highest BCUT2D eigenvalue weighted by Crippen LogP contribution is 2.25. The molecule has 18 heavy (non-hydrogen) atoms. The Balaban J connectivity index is 2.38. The Kier molecular flexibility index (Phi) is 3.85. The third-order valence-electron chi connectivity index (χ3n) is 2.68. The van der Waals surface area contributed by atoms with Gasteiger partial charge in [-0.2, -0.15) is 4.99 Å². The van der Waals surface area contributed by atoms with Crippen molar-refractivity contribution < 1.29 is 4.79 Å². The fourth-order valence-electron chi connectivity index (χ4n) is 1.76. The van der Waals surface area contributed by atoms with E-state index in [2.05, 4.69) is 4.99 Å². The van der Waals surface area contributed by atoms with Gasteiger partial charge in [0, 0.05) is 5.56 Å². The van der Waals surface area contributed by atoms with Gasteiger partial charge in [-0.1, -0.05) is 60.7 Å². The van der Waals surface area contributed by atoms with Crippen LogP contribution in [0.5, 0.6) is 0 Å². The van der Waals surface area contributed by atoms with E-state index in [1.165, 1.54) is 0 Å². The first-order valence-electron chi connectivity index (χ1n) is 5.72. The molecule has 0 saturated carbocycles. The van der Waals surface area contributed by atoms with Gasteiger partial charge in [0.2, 0.25) is 6.08 Å². The van der Waals surface area contributed by atoms with Gasteiger partial charge < -0.3 is 0 Å². The zero-order valence-corrected chi connectivity index (χ0v) is 10.1. The molecule has 2 aromatic carbocycles. The van der Waals surface area contributed by atoms with Crippen molar-refractivity contribution in [1.82, 2.24) is 0 Å². The summed E-state index contributed by atoms with van der Waals surface area (Å²) in [6, 6.07) is 15.8. The SMILES string of the molecule is Cc1cccc(C=Cc2ccccc2)c1N=C=O. The summed E-state index contributed by atoms with van der Waals surface area (Å²) in [5, 5.41) is 0. The van der Waals surface area contributed by atoms with Crippen LogP contribution in [0, 0.1) is 6.92 Å². The molecule has 0 N–H and O–H groups in total. The minimum atomic E-state index is 0.680. The lowest BCUT2D eigenvalue weighted by atomic mass is 10.1. The maximum Gasteiger partial charge on any atom is 0.240 e. The highest BCUT2D eigenvalue weighted by molar-refractivity contribution is 5.77. The number of nitrogens with zero attached hydrogens (tertiary/aromatic N) is 1. The van der Waals surface area contributed by atoms with Crippen LogP contribution < -0.4 is 0 Å². The molecule has 0 bridgehead atoms. The van der Waals surface area contributed by atoms with Crippen molar-refractivity contribution in [2.75, 3.05) is 0 Å². The average molecular weight is 235 g/mol. The van der Waals surface area contributed by atoms with Crippen LogP contribution in [0.4, 0.5) is 5.69 Å². The molecule has 0 aliphatic heterocycles. The predicted octanol–water partition coefficient (Wildman–Crippen LogP) is 4.13. The maximum atomic E-state index is 10.4. The van der Waals surface area contributed by atoms with Crippen LogP contribution in [-0.2, 0) is 4.79 Å². The Morgan fingerprint density at radius 2 is 1.78 bits per heavy atom. The summed E-state index contributed by atoms with van der Waals surface area (Å²) in [5.74, 6) is 0. The van der Waals surface area contributed by atoms with Gasteiger partial charge in [-0.15, -0.1) is 0 Å². The summed E-state index contributed by atoms with van der Waals surface area (Å²) in [4.78, 5) is 14.2. The van der Waals surface area contributed by atoms with Crippen LogP contribution >= 0.6 is 0 Å². The molecule has 0 aromatic heterocycles. The quantitative estimate of drug-likeness (QED) is 0.446. The smallest absolute Gasteiger partial charge is 0.211 e. The Morgan fingerprint density at radius 1 is 1.00 bits per heavy atom. The first-order chi connectivity index (χ1) is 8.81. The molecule has 88 valence electrons. The topological polar surface area (TPSA) is 29.4 Å². The Hall–Kier alpha value is -2.44. The van der Waals surface area contributed by atoms with E-state index in [9.17, 15) is 4.79 Å². The average Bonchev–Trinajstić information content (AvgIpc) is 2.41. The number of hydrogen-bond acceptors (Lipinski definition) is 2. The fourth-order valence-corrected chi connectivity index (χ4v) is 1.76. The maximum absolute atomic E-state index is 10.4. The molecular weight excluding hydrogens is 222 g/mol. The van der Waals surface area contributed by atoms with Crippen LogP contribution in [0.15, 0.2) is 53.5 Å². The van der Waals surface area contributed by atoms with Crippen molar-refractivity contribution in [3.8, 4) is 0 Å². The second-order valence-electron chi connectivity index (χ2n) is 3.96. The highest BCUT2D eigenvalue weighted by atomic mass is 16.1. The highest BCUT2D eigenvalue weighted by Gasteiger charge is 2.01. The number of benzene rings is 2. The molecule has 2 heteroatoms. The van der Waals surface area contributed by atoms with Gasteiger partial charge in [-0.3, -0.25) is 0 Å². The van der Waals surface area contributed by atoms with E-state index in [0.29, 0.717) is 5.69 Å². The molecule has 0 spiro atoms. The van der Waals surface area contributed by atoms with Crippen molar-refractivity contribution in [3.05, 3.63) is 65.2 Å². The van der Waals surface area contributed by atoms with Gasteiger partial charge in [0.15, 0.2) is 0 Å². The van der Waals surface area contributed by atoms with E-state index in [0.717, 1.165) is 16.7 Å². The first-order valence-corrected chi connectivity index (χ1v) is 5.72. The van der Waals surface area contributed by atoms with Gasteiger partial charge in [-0.25, -0.2) is 4.79 Å². The molecule has 2 aromatic rings. The third kappa shape index (κ3) is 2.82. The molecule has 0 atom stereocenters. The summed E-state index contributed by atoms with van der Waals surface area (Å²) in [5.41, 5.74) is 3.68. The zero-order chi connectivity index (χ0) is 12.8. The third-order valence-corrected chi connectivity index (χ3v) is 2.68. The normalized spacial score (nSPS) is 10.3. The first kappa shape index (κ1) is 12.0. The Morgan fingerprint density at radius 3 is 2.50 bits per heavy atom. The molecule has 2 rings (SSSR count). The predicted molar refractivity (Wildman–Crippen MR) is 74.3 cm³/mol. The summed E-state index contributed by atoms with van der Waals surface area (Å²) < 4.78 is 0. The van der Waals surface area contributed by atoms with Gasteiger partial charge in [0.05, 0.1) is 5.69 Å². The molecular formula is C16H13NO. The van der Waals surface area contributed by atoms with E-state index in [-0.39, 0.29) is 0 Å². The monoisotopic (exact) mass is 235 g/mol. The van der Waals surface area contributed by atoms with Gasteiger partial charge in [0.1, 0.15) is 0 Å². The van der Waals surface area contributed by atoms with Crippen LogP contribution in [0.25, 0.3) is 12.2 Å². The standard InChI is InChI=1S/C16H13NO/c1-13-6-5-9-15(16(13)17-12-18)11-10-14-7-3-2-4-8-14/h2-11H,1H3. The summed E-state index contributed by atoms with van der Waals surface area (Å²) in [6.45, 7) is 1.93. The zero-order valence-electron chi connectivity index (χ0n) is 10.1. The van der Waals surface area contributed by atoms with Crippen molar-refractivity contribution in [2.24, 2.45) is 4.99 Å². The van der Waals surface area contributed by atoms with Crippen LogP contribution in [0.3, 0.4) is 0 Å². The molecule has 0 aliphatic carbocycles. The summed E-state index contributed by atoms with van der Waals surface area (Å²) in [7, 11) is 0. The largest absolute Gasteiger partial charge is 0.240 e. The van der Waals surface area contributed by atoms with E-state index < -0.39 is 0 Å². The van der Waals surface area contributed by atoms with Crippen molar-refractivity contribution in [3.63, 3.8) is 0 Å². The van der Waals surface area contributed by atoms with E-state index in [1.54, 1.807) is 6.08 Å². The minimum absolute atomic E-state index is 0.680. The fraction of sp³-hybridized carbons (Fsp3) is 0.0625. The minimum Gasteiger partial charge on any atom is -0.211 e. The van der Waals surface area contributed by atoms with Crippen LogP contribution in [-0.4, -0.2) is 6.08 Å². The molecule has 0 heterocycles. The van der Waals surface area contributed by atoms with Crippen LogP contribution in [0.1, 0.15) is 16.7 Å². The summed E-state index contributed by atoms with van der Waals surface area (Å²) >= 11 is 0. The number of carbonyl (C=O) groups excluding carboxylic acids is 1. The van der Waals surface area contributed by atoms with Crippen LogP contribution in [0.2, 0.25) is 0 Å². The number of hydrogen-bond donors (Lipinski definition) is 0. The van der Waals surface area contributed by atoms with Gasteiger partial charge >= 0.3 is 0 Å². The molecule has 0 saturated heterocycles. The lowest BCUT2D eigenvalue weighted by Gasteiger charge is -2.02. The number of rotatable bonds is 3. The van der Waals surface area contributed by atoms with Crippen molar-refractivity contribution in [2.45, 2.75) is 6.92 Å². The molecule has 0 radical (unpaired) electrons. The second-order valence-corrected chi connectivity index (χ2v) is 3.96. The molecule has 0 amide bonds. The van der Waals surface area contributed by atoms with Gasteiger partial charge in [-0.05, 0) is 18.1 Å². The summed E-state index contributed by atoms with van der Waals surface area (Å²) in [6.07, 6.45) is 5.56. The second kappa shape index (κ2) is 5.76. The van der Waals surface area contributed by atoms with Crippen molar-refractivity contribution in [1.29, 1.82) is 0 Å². The molecule has 2 nitrogen and oxygen atoms in total. The number of isocyanates is 1. The van der Waals surface area contributed by atoms with Crippen molar-refractivity contribution >= 4 is 23.9 Å². The number of aliphatic imine (C=N–C) groups is 1. The lowest BCUT2D eigenvalue weighted by molar-refractivity contribution is 0.565. The molecule has 0 aliphatic rings. The number of para-hydroxylation sites is 1. The van der Waals surface area contributed by atoms with E-state index >= 15 is 0 Å². The number of aryl methyl sites for hydroxylation is 1. The molecule has 0 fully saturated rings. The van der Waals surface area contributed by atoms with Gasteiger partial charge in [0.25, 0.3) is 0 Å². The molecule has 0 unspecified atom stereocenters.